The Hall–Kier alpha value is -2.34. The highest BCUT2D eigenvalue weighted by molar-refractivity contribution is 7.89. The van der Waals surface area contributed by atoms with E-state index in [4.69, 9.17) is 5.73 Å². The van der Waals surface area contributed by atoms with E-state index in [0.717, 1.165) is 5.56 Å². The molecule has 1 aliphatic rings. The van der Waals surface area contributed by atoms with E-state index in [-0.39, 0.29) is 11.4 Å². The monoisotopic (exact) mass is 287 g/mol. The number of rotatable bonds is 2. The summed E-state index contributed by atoms with van der Waals surface area (Å²) in [5.74, 6) is 0. The van der Waals surface area contributed by atoms with Crippen molar-refractivity contribution in [3.63, 3.8) is 0 Å². The van der Waals surface area contributed by atoms with Crippen LogP contribution in [0.5, 0.6) is 0 Å². The van der Waals surface area contributed by atoms with Gasteiger partial charge in [-0.1, -0.05) is 24.3 Å². The maximum atomic E-state index is 12.5. The van der Waals surface area contributed by atoms with Crippen molar-refractivity contribution in [2.45, 2.75) is 11.4 Å². The van der Waals surface area contributed by atoms with E-state index in [1.807, 2.05) is 6.07 Å². The van der Waals surface area contributed by atoms with Gasteiger partial charge < -0.3 is 5.73 Å². The van der Waals surface area contributed by atoms with Gasteiger partial charge in [-0.25, -0.2) is 13.4 Å². The Labute approximate surface area is 117 Å². The summed E-state index contributed by atoms with van der Waals surface area (Å²) in [7, 11) is -3.55. The van der Waals surface area contributed by atoms with E-state index in [1.165, 1.54) is 10.6 Å². The number of nitrogens with zero attached hydrogens (tertiary/aromatic N) is 2. The first-order valence-electron chi connectivity index (χ1n) is 6.07. The lowest BCUT2D eigenvalue weighted by atomic mass is 10.2. The third kappa shape index (κ3) is 2.14. The molecule has 3 rings (SSSR count). The number of para-hydroxylation sites is 1. The molecule has 0 atom stereocenters. The van der Waals surface area contributed by atoms with Gasteiger partial charge in [-0.15, -0.1) is 0 Å². The van der Waals surface area contributed by atoms with Crippen molar-refractivity contribution in [2.24, 2.45) is 4.99 Å². The van der Waals surface area contributed by atoms with Gasteiger partial charge >= 0.3 is 0 Å². The van der Waals surface area contributed by atoms with E-state index in [9.17, 15) is 8.42 Å². The minimum Gasteiger partial charge on any atom is -0.399 e. The summed E-state index contributed by atoms with van der Waals surface area (Å²) in [6, 6.07) is 13.8. The van der Waals surface area contributed by atoms with Gasteiger partial charge in [0.05, 0.1) is 12.2 Å². The van der Waals surface area contributed by atoms with Crippen LogP contribution in [0.15, 0.2) is 58.4 Å². The fourth-order valence-corrected chi connectivity index (χ4v) is 3.47. The van der Waals surface area contributed by atoms with Gasteiger partial charge in [0, 0.05) is 5.69 Å². The third-order valence-electron chi connectivity index (χ3n) is 3.07. The smallest absolute Gasteiger partial charge is 0.267 e. The van der Waals surface area contributed by atoms with E-state index < -0.39 is 10.0 Å². The zero-order valence-corrected chi connectivity index (χ0v) is 11.4. The van der Waals surface area contributed by atoms with Crippen LogP contribution < -0.4 is 5.73 Å². The van der Waals surface area contributed by atoms with Crippen molar-refractivity contribution in [3.05, 3.63) is 54.1 Å². The van der Waals surface area contributed by atoms with Crippen LogP contribution in [0.4, 0.5) is 11.4 Å². The molecule has 0 spiro atoms. The quantitative estimate of drug-likeness (QED) is 0.860. The van der Waals surface area contributed by atoms with E-state index in [2.05, 4.69) is 4.99 Å². The first-order valence-corrected chi connectivity index (χ1v) is 7.51. The van der Waals surface area contributed by atoms with Gasteiger partial charge in [0.2, 0.25) is 0 Å². The maximum absolute atomic E-state index is 12.5. The Morgan fingerprint density at radius 2 is 1.90 bits per heavy atom. The summed E-state index contributed by atoms with van der Waals surface area (Å²) in [5.41, 5.74) is 7.60. The van der Waals surface area contributed by atoms with Crippen molar-refractivity contribution >= 4 is 27.7 Å². The van der Waals surface area contributed by atoms with Gasteiger partial charge in [-0.05, 0) is 29.8 Å². The fourth-order valence-electron chi connectivity index (χ4n) is 2.09. The van der Waals surface area contributed by atoms with E-state index >= 15 is 0 Å². The largest absolute Gasteiger partial charge is 0.399 e. The lowest BCUT2D eigenvalue weighted by molar-refractivity contribution is 0.522. The zero-order chi connectivity index (χ0) is 14.2. The van der Waals surface area contributed by atoms with Gasteiger partial charge in [0.15, 0.2) is 0 Å². The van der Waals surface area contributed by atoms with Crippen LogP contribution in [0.2, 0.25) is 0 Å². The molecule has 1 heterocycles. The minimum atomic E-state index is -3.55. The average Bonchev–Trinajstić information content (AvgIpc) is 2.42. The summed E-state index contributed by atoms with van der Waals surface area (Å²) >= 11 is 0. The molecule has 0 fully saturated rings. The average molecular weight is 287 g/mol. The van der Waals surface area contributed by atoms with Crippen LogP contribution in [0, 0.1) is 0 Å². The molecule has 0 aliphatic carbocycles. The van der Waals surface area contributed by atoms with Gasteiger partial charge in [0.25, 0.3) is 10.0 Å². The lowest BCUT2D eigenvalue weighted by Crippen LogP contribution is -2.31. The molecular weight excluding hydrogens is 274 g/mol. The molecule has 2 N–H and O–H groups in total. The molecule has 0 bridgehead atoms. The van der Waals surface area contributed by atoms with Crippen molar-refractivity contribution in [2.75, 3.05) is 5.73 Å². The third-order valence-corrected chi connectivity index (χ3v) is 4.81. The van der Waals surface area contributed by atoms with E-state index in [1.54, 1.807) is 42.5 Å². The summed E-state index contributed by atoms with van der Waals surface area (Å²) < 4.78 is 26.2. The molecule has 1 aliphatic heterocycles. The Kier molecular flexibility index (Phi) is 2.94. The predicted molar refractivity (Wildman–Crippen MR) is 78.2 cm³/mol. The topological polar surface area (TPSA) is 75.8 Å². The highest BCUT2D eigenvalue weighted by atomic mass is 32.2. The molecule has 102 valence electrons. The SMILES string of the molecule is Nc1cccc(CN2C=Nc3ccccc3S2(=O)=O)c1. The van der Waals surface area contributed by atoms with Gasteiger partial charge in [0.1, 0.15) is 11.2 Å². The molecule has 0 aromatic heterocycles. The highest BCUT2D eigenvalue weighted by Gasteiger charge is 2.28. The minimum absolute atomic E-state index is 0.213. The molecule has 0 saturated carbocycles. The van der Waals surface area contributed by atoms with Crippen LogP contribution >= 0.6 is 0 Å². The molecule has 20 heavy (non-hydrogen) atoms. The summed E-state index contributed by atoms with van der Waals surface area (Å²) in [6.45, 7) is 0.213. The van der Waals surface area contributed by atoms with Gasteiger partial charge in [-0.3, -0.25) is 4.31 Å². The van der Waals surface area contributed by atoms with Crippen LogP contribution in [0.25, 0.3) is 0 Å². The number of hydrogen-bond donors (Lipinski definition) is 1. The zero-order valence-electron chi connectivity index (χ0n) is 10.6. The first-order chi connectivity index (χ1) is 9.57. The van der Waals surface area contributed by atoms with Crippen molar-refractivity contribution < 1.29 is 8.42 Å². The lowest BCUT2D eigenvalue weighted by Gasteiger charge is -2.24. The number of aliphatic imine (C=N–C) groups is 1. The first kappa shape index (κ1) is 12.7. The normalized spacial score (nSPS) is 15.9. The van der Waals surface area contributed by atoms with Crippen LogP contribution in [0.3, 0.4) is 0 Å². The Morgan fingerprint density at radius 1 is 1.10 bits per heavy atom. The number of benzene rings is 2. The Morgan fingerprint density at radius 3 is 2.70 bits per heavy atom. The Bertz CT molecular complexity index is 785. The fraction of sp³-hybridized carbons (Fsp3) is 0.0714. The molecule has 2 aromatic carbocycles. The van der Waals surface area contributed by atoms with Gasteiger partial charge in [-0.2, -0.15) is 0 Å². The molecule has 2 aromatic rings. The van der Waals surface area contributed by atoms with E-state index in [0.29, 0.717) is 11.4 Å². The van der Waals surface area contributed by atoms with Crippen molar-refractivity contribution in [3.8, 4) is 0 Å². The predicted octanol–water partition coefficient (Wildman–Crippen LogP) is 2.13. The van der Waals surface area contributed by atoms with Crippen molar-refractivity contribution in [1.29, 1.82) is 0 Å². The summed E-state index contributed by atoms with van der Waals surface area (Å²) in [5, 5.41) is 0. The number of sulfonamides is 1. The maximum Gasteiger partial charge on any atom is 0.267 e. The molecule has 0 saturated heterocycles. The van der Waals surface area contributed by atoms with Crippen molar-refractivity contribution in [1.82, 2.24) is 4.31 Å². The number of nitrogens with two attached hydrogens (primary N) is 1. The number of hydrogen-bond acceptors (Lipinski definition) is 4. The molecular formula is C14H13N3O2S. The van der Waals surface area contributed by atoms with Crippen LogP contribution in [-0.2, 0) is 16.6 Å². The number of anilines is 1. The van der Waals surface area contributed by atoms with Crippen LogP contribution in [-0.4, -0.2) is 19.1 Å². The molecule has 0 radical (unpaired) electrons. The molecule has 5 nitrogen and oxygen atoms in total. The second-order valence-corrected chi connectivity index (χ2v) is 6.37. The number of fused-ring (bicyclic) bond motifs is 1. The summed E-state index contributed by atoms with van der Waals surface area (Å²) in [6.07, 6.45) is 1.35. The second-order valence-electron chi connectivity index (χ2n) is 4.51. The molecule has 0 unspecified atom stereocenters. The standard InChI is InChI=1S/C14H13N3O2S/c15-12-5-3-4-11(8-12)9-17-10-16-13-6-1-2-7-14(13)20(17,18)19/h1-8,10H,9,15H2. The number of nitrogen functional groups attached to an aromatic ring is 1. The van der Waals surface area contributed by atoms with Crippen LogP contribution in [0.1, 0.15) is 5.56 Å². The molecule has 6 heteroatoms. The highest BCUT2D eigenvalue weighted by Crippen LogP contribution is 2.30. The molecule has 0 amide bonds. The summed E-state index contributed by atoms with van der Waals surface area (Å²) in [4.78, 5) is 4.41. The second kappa shape index (κ2) is 4.64. The Balaban J connectivity index is 1.98.